The molecule has 0 saturated carbocycles. The number of Topliss-reactive ketones (excluding diaryl/α,β-unsaturated/α-hetero) is 1. The average Bonchev–Trinajstić information content (AvgIpc) is 2.66. The number of hydrogen-bond donors (Lipinski definition) is 2. The summed E-state index contributed by atoms with van der Waals surface area (Å²) in [7, 11) is -4.54. The molecule has 0 atom stereocenters. The standard InChI is InChI=1S/C11H17O5PS/c1-10(2,16-8-5-6-18-7-8)9(12)11(3,4)17(13,14)15/h5-7H,1-4H3,(H2,13,14,15). The summed E-state index contributed by atoms with van der Waals surface area (Å²) in [4.78, 5) is 30.7. The Balaban J connectivity index is 2.99. The van der Waals surface area contributed by atoms with Gasteiger partial charge >= 0.3 is 7.60 Å². The molecule has 1 rings (SSSR count). The van der Waals surface area contributed by atoms with Crippen molar-refractivity contribution in [2.45, 2.75) is 38.5 Å². The van der Waals surface area contributed by atoms with Crippen LogP contribution in [0.2, 0.25) is 0 Å². The van der Waals surface area contributed by atoms with Crippen LogP contribution in [-0.4, -0.2) is 26.3 Å². The van der Waals surface area contributed by atoms with Crippen LogP contribution >= 0.6 is 18.9 Å². The van der Waals surface area contributed by atoms with Crippen LogP contribution < -0.4 is 4.74 Å². The molecule has 0 aromatic carbocycles. The van der Waals surface area contributed by atoms with Crippen LogP contribution in [0, 0.1) is 0 Å². The van der Waals surface area contributed by atoms with E-state index in [1.165, 1.54) is 39.0 Å². The van der Waals surface area contributed by atoms with Crippen LogP contribution in [-0.2, 0) is 9.36 Å². The van der Waals surface area contributed by atoms with E-state index in [9.17, 15) is 19.1 Å². The monoisotopic (exact) mass is 292 g/mol. The van der Waals surface area contributed by atoms with E-state index in [0.717, 1.165) is 0 Å². The molecule has 1 aromatic heterocycles. The number of hydrogen-bond acceptors (Lipinski definition) is 4. The number of carbonyl (C=O) groups excluding carboxylic acids is 1. The SMILES string of the molecule is CC(C)(Oc1ccsc1)C(=O)C(C)(C)P(=O)(O)O. The molecule has 0 radical (unpaired) electrons. The number of thiophene rings is 1. The molecule has 0 spiro atoms. The summed E-state index contributed by atoms with van der Waals surface area (Å²) in [6.07, 6.45) is 0. The number of ether oxygens (including phenoxy) is 1. The maximum Gasteiger partial charge on any atom is 0.338 e. The highest BCUT2D eigenvalue weighted by molar-refractivity contribution is 7.54. The van der Waals surface area contributed by atoms with Gasteiger partial charge in [-0.3, -0.25) is 9.36 Å². The minimum atomic E-state index is -4.54. The zero-order chi connectivity index (χ0) is 14.2. The van der Waals surface area contributed by atoms with E-state index in [1.807, 2.05) is 0 Å². The van der Waals surface area contributed by atoms with Gasteiger partial charge in [-0.2, -0.15) is 0 Å². The summed E-state index contributed by atoms with van der Waals surface area (Å²) in [5.41, 5.74) is -1.30. The van der Waals surface area contributed by atoms with Crippen molar-refractivity contribution in [2.24, 2.45) is 0 Å². The molecular formula is C11H17O5PS. The second-order valence-electron chi connectivity index (χ2n) is 5.00. The highest BCUT2D eigenvalue weighted by atomic mass is 32.1. The van der Waals surface area contributed by atoms with E-state index in [0.29, 0.717) is 5.75 Å². The van der Waals surface area contributed by atoms with Gasteiger partial charge in [0, 0.05) is 5.38 Å². The van der Waals surface area contributed by atoms with E-state index < -0.39 is 24.1 Å². The van der Waals surface area contributed by atoms with E-state index in [1.54, 1.807) is 16.8 Å². The molecular weight excluding hydrogens is 275 g/mol. The van der Waals surface area contributed by atoms with E-state index >= 15 is 0 Å². The Morgan fingerprint density at radius 3 is 2.28 bits per heavy atom. The Bertz CT molecular complexity index is 472. The van der Waals surface area contributed by atoms with Crippen LogP contribution in [0.15, 0.2) is 16.8 Å². The second-order valence-corrected chi connectivity index (χ2v) is 7.99. The predicted octanol–water partition coefficient (Wildman–Crippen LogP) is 2.43. The Kier molecular flexibility index (Phi) is 4.08. The van der Waals surface area contributed by atoms with Gasteiger partial charge in [0.15, 0.2) is 11.4 Å². The third-order valence-corrected chi connectivity index (χ3v) is 5.02. The molecule has 5 nitrogen and oxygen atoms in total. The first-order valence-electron chi connectivity index (χ1n) is 5.30. The fourth-order valence-electron chi connectivity index (χ4n) is 1.52. The lowest BCUT2D eigenvalue weighted by Crippen LogP contribution is -2.49. The maximum absolute atomic E-state index is 12.2. The molecule has 1 heterocycles. The first-order valence-corrected chi connectivity index (χ1v) is 7.86. The molecule has 7 heteroatoms. The van der Waals surface area contributed by atoms with Gasteiger partial charge in [-0.25, -0.2) is 0 Å². The van der Waals surface area contributed by atoms with Crippen LogP contribution in [0.3, 0.4) is 0 Å². The Labute approximate surface area is 110 Å². The van der Waals surface area contributed by atoms with Crippen LogP contribution in [0.4, 0.5) is 0 Å². The van der Waals surface area contributed by atoms with Crippen molar-refractivity contribution in [2.75, 3.05) is 0 Å². The van der Waals surface area contributed by atoms with Gasteiger partial charge in [0.05, 0.1) is 0 Å². The van der Waals surface area contributed by atoms with Crippen molar-refractivity contribution in [3.8, 4) is 5.75 Å². The van der Waals surface area contributed by atoms with Crippen molar-refractivity contribution in [1.82, 2.24) is 0 Å². The number of carbonyl (C=O) groups is 1. The lowest BCUT2D eigenvalue weighted by Gasteiger charge is -2.33. The second kappa shape index (κ2) is 4.78. The molecule has 2 N–H and O–H groups in total. The lowest BCUT2D eigenvalue weighted by atomic mass is 9.93. The highest BCUT2D eigenvalue weighted by Crippen LogP contribution is 2.52. The molecule has 0 saturated heterocycles. The molecule has 0 fully saturated rings. The predicted molar refractivity (Wildman–Crippen MR) is 70.2 cm³/mol. The minimum Gasteiger partial charge on any atom is -0.479 e. The minimum absolute atomic E-state index is 0.514. The molecule has 18 heavy (non-hydrogen) atoms. The molecule has 0 aliphatic heterocycles. The quantitative estimate of drug-likeness (QED) is 0.814. The molecule has 0 aliphatic rings. The number of ketones is 1. The Morgan fingerprint density at radius 2 is 1.89 bits per heavy atom. The highest BCUT2D eigenvalue weighted by Gasteiger charge is 2.51. The molecule has 0 amide bonds. The van der Waals surface area contributed by atoms with Crippen molar-refractivity contribution in [3.63, 3.8) is 0 Å². The average molecular weight is 292 g/mol. The van der Waals surface area contributed by atoms with Crippen molar-refractivity contribution >= 4 is 24.7 Å². The Hall–Kier alpha value is -0.680. The van der Waals surface area contributed by atoms with E-state index in [2.05, 4.69) is 0 Å². The van der Waals surface area contributed by atoms with Crippen LogP contribution in [0.25, 0.3) is 0 Å². The van der Waals surface area contributed by atoms with Gasteiger partial charge in [0.2, 0.25) is 0 Å². The summed E-state index contributed by atoms with van der Waals surface area (Å²) in [5.74, 6) is -0.116. The number of rotatable bonds is 5. The van der Waals surface area contributed by atoms with Crippen molar-refractivity contribution in [1.29, 1.82) is 0 Å². The molecule has 0 aliphatic carbocycles. The fraction of sp³-hybridized carbons (Fsp3) is 0.545. The fourth-order valence-corrected chi connectivity index (χ4v) is 2.61. The van der Waals surface area contributed by atoms with Crippen molar-refractivity contribution < 1.29 is 23.9 Å². The third kappa shape index (κ3) is 3.01. The van der Waals surface area contributed by atoms with Gasteiger partial charge in [-0.15, -0.1) is 11.3 Å². The zero-order valence-electron chi connectivity index (χ0n) is 10.7. The summed E-state index contributed by atoms with van der Waals surface area (Å²) >= 11 is 1.42. The Morgan fingerprint density at radius 1 is 1.33 bits per heavy atom. The summed E-state index contributed by atoms with van der Waals surface area (Å²) in [6.45, 7) is 5.47. The zero-order valence-corrected chi connectivity index (χ0v) is 12.4. The van der Waals surface area contributed by atoms with Gasteiger partial charge in [-0.05, 0) is 39.1 Å². The summed E-state index contributed by atoms with van der Waals surface area (Å²) < 4.78 is 16.9. The van der Waals surface area contributed by atoms with Crippen molar-refractivity contribution in [3.05, 3.63) is 16.8 Å². The molecule has 0 bridgehead atoms. The van der Waals surface area contributed by atoms with Gasteiger partial charge < -0.3 is 14.5 Å². The van der Waals surface area contributed by atoms with Gasteiger partial charge in [0.25, 0.3) is 0 Å². The molecule has 1 aromatic rings. The lowest BCUT2D eigenvalue weighted by molar-refractivity contribution is -0.134. The smallest absolute Gasteiger partial charge is 0.338 e. The van der Waals surface area contributed by atoms with Crippen LogP contribution in [0.1, 0.15) is 27.7 Å². The summed E-state index contributed by atoms with van der Waals surface area (Å²) in [5, 5.41) is 1.75. The summed E-state index contributed by atoms with van der Waals surface area (Å²) in [6, 6.07) is 1.70. The van der Waals surface area contributed by atoms with Gasteiger partial charge in [0.1, 0.15) is 10.9 Å². The topological polar surface area (TPSA) is 83.8 Å². The van der Waals surface area contributed by atoms with Crippen LogP contribution in [0.5, 0.6) is 5.75 Å². The van der Waals surface area contributed by atoms with E-state index in [4.69, 9.17) is 4.74 Å². The van der Waals surface area contributed by atoms with Gasteiger partial charge in [-0.1, -0.05) is 0 Å². The molecule has 0 unspecified atom stereocenters. The maximum atomic E-state index is 12.2. The largest absolute Gasteiger partial charge is 0.479 e. The third-order valence-electron chi connectivity index (χ3n) is 2.70. The normalized spacial score (nSPS) is 13.4. The first kappa shape index (κ1) is 15.4. The molecule has 102 valence electrons. The first-order chi connectivity index (χ1) is 7.98. The van der Waals surface area contributed by atoms with E-state index in [-0.39, 0.29) is 0 Å².